The van der Waals surface area contributed by atoms with Crippen LogP contribution in [-0.2, 0) is 6.18 Å². The zero-order valence-electron chi connectivity index (χ0n) is 6.45. The number of halogens is 6. The lowest BCUT2D eigenvalue weighted by atomic mass is 10.2. The van der Waals surface area contributed by atoms with Crippen LogP contribution in [0.2, 0.25) is 0 Å². The van der Waals surface area contributed by atoms with Gasteiger partial charge in [0.1, 0.15) is 4.60 Å². The van der Waals surface area contributed by atoms with Crippen LogP contribution in [0.3, 0.4) is 0 Å². The fourth-order valence-electron chi connectivity index (χ4n) is 0.773. The molecule has 1 heterocycles. The SMILES string of the molecule is FC(F)c1cc(C(F)(F)F)cnc1Br. The van der Waals surface area contributed by atoms with Gasteiger partial charge in [0.05, 0.1) is 11.1 Å². The Morgan fingerprint density at radius 2 is 1.86 bits per heavy atom. The molecule has 0 atom stereocenters. The molecule has 0 N–H and O–H groups in total. The van der Waals surface area contributed by atoms with Crippen molar-refractivity contribution < 1.29 is 22.0 Å². The molecule has 0 aliphatic heterocycles. The summed E-state index contributed by atoms with van der Waals surface area (Å²) < 4.78 is 60.2. The molecule has 0 saturated carbocycles. The van der Waals surface area contributed by atoms with Crippen molar-refractivity contribution in [1.82, 2.24) is 4.98 Å². The number of hydrogen-bond acceptors (Lipinski definition) is 1. The van der Waals surface area contributed by atoms with Gasteiger partial charge in [-0.2, -0.15) is 13.2 Å². The van der Waals surface area contributed by atoms with E-state index >= 15 is 0 Å². The minimum absolute atomic E-state index is 0.277. The van der Waals surface area contributed by atoms with Gasteiger partial charge in [-0.1, -0.05) is 0 Å². The number of aromatic nitrogens is 1. The molecule has 0 spiro atoms. The third-order valence-electron chi connectivity index (χ3n) is 1.43. The van der Waals surface area contributed by atoms with Crippen molar-refractivity contribution in [3.63, 3.8) is 0 Å². The molecule has 0 aromatic carbocycles. The second kappa shape index (κ2) is 3.80. The topological polar surface area (TPSA) is 12.9 Å². The van der Waals surface area contributed by atoms with Crippen molar-refractivity contribution in [2.45, 2.75) is 12.6 Å². The molecule has 0 unspecified atom stereocenters. The lowest BCUT2D eigenvalue weighted by Crippen LogP contribution is -2.07. The molecule has 0 amide bonds. The molecule has 1 aromatic rings. The number of rotatable bonds is 1. The van der Waals surface area contributed by atoms with E-state index in [1.165, 1.54) is 0 Å². The third-order valence-corrected chi connectivity index (χ3v) is 2.09. The molecule has 1 rings (SSSR count). The van der Waals surface area contributed by atoms with E-state index in [1.54, 1.807) is 0 Å². The second-order valence-corrected chi connectivity index (χ2v) is 3.15. The summed E-state index contributed by atoms with van der Waals surface area (Å²) in [6, 6.07) is 0.377. The van der Waals surface area contributed by atoms with E-state index < -0.39 is 23.7 Å². The summed E-state index contributed by atoms with van der Waals surface area (Å²) in [6.45, 7) is 0. The molecule has 14 heavy (non-hydrogen) atoms. The van der Waals surface area contributed by atoms with E-state index in [0.29, 0.717) is 12.3 Å². The summed E-state index contributed by atoms with van der Waals surface area (Å²) in [5.74, 6) is 0. The van der Waals surface area contributed by atoms with E-state index in [2.05, 4.69) is 20.9 Å². The van der Waals surface area contributed by atoms with Gasteiger partial charge in [0.2, 0.25) is 0 Å². The number of alkyl halides is 5. The van der Waals surface area contributed by atoms with Crippen molar-refractivity contribution in [2.24, 2.45) is 0 Å². The maximum atomic E-state index is 12.2. The molecular weight excluding hydrogens is 273 g/mol. The Hall–Kier alpha value is -0.720. The van der Waals surface area contributed by atoms with E-state index in [0.717, 1.165) is 0 Å². The molecule has 0 aliphatic rings. The quantitative estimate of drug-likeness (QED) is 0.561. The van der Waals surface area contributed by atoms with Crippen LogP contribution < -0.4 is 0 Å². The van der Waals surface area contributed by atoms with Crippen molar-refractivity contribution in [3.05, 3.63) is 28.0 Å². The summed E-state index contributed by atoms with van der Waals surface area (Å²) in [6.07, 6.45) is -7.15. The molecular formula is C7H3BrF5N. The van der Waals surface area contributed by atoms with Gasteiger partial charge in [-0.25, -0.2) is 13.8 Å². The smallest absolute Gasteiger partial charge is 0.248 e. The molecule has 78 valence electrons. The van der Waals surface area contributed by atoms with Gasteiger partial charge in [-0.3, -0.25) is 0 Å². The number of hydrogen-bond donors (Lipinski definition) is 0. The molecule has 0 bridgehead atoms. The van der Waals surface area contributed by atoms with Gasteiger partial charge < -0.3 is 0 Å². The highest BCUT2D eigenvalue weighted by atomic mass is 79.9. The molecule has 0 fully saturated rings. The molecule has 1 aromatic heterocycles. The van der Waals surface area contributed by atoms with Gasteiger partial charge in [-0.05, 0) is 22.0 Å². The van der Waals surface area contributed by atoms with Crippen LogP contribution in [-0.4, -0.2) is 4.98 Å². The summed E-state index contributed by atoms with van der Waals surface area (Å²) in [4.78, 5) is 3.18. The summed E-state index contributed by atoms with van der Waals surface area (Å²) >= 11 is 2.64. The average Bonchev–Trinajstić information content (AvgIpc) is 2.02. The zero-order valence-corrected chi connectivity index (χ0v) is 8.03. The van der Waals surface area contributed by atoms with Crippen LogP contribution in [0.15, 0.2) is 16.9 Å². The van der Waals surface area contributed by atoms with Gasteiger partial charge >= 0.3 is 6.18 Å². The summed E-state index contributed by atoms with van der Waals surface area (Å²) in [7, 11) is 0. The zero-order chi connectivity index (χ0) is 10.9. The Labute approximate surface area is 84.1 Å². The van der Waals surface area contributed by atoms with Gasteiger partial charge in [0.15, 0.2) is 0 Å². The largest absolute Gasteiger partial charge is 0.417 e. The van der Waals surface area contributed by atoms with Crippen molar-refractivity contribution in [1.29, 1.82) is 0 Å². The minimum atomic E-state index is -4.66. The third kappa shape index (κ3) is 2.40. The first-order valence-corrected chi connectivity index (χ1v) is 4.12. The Morgan fingerprint density at radius 1 is 1.29 bits per heavy atom. The Morgan fingerprint density at radius 3 is 2.29 bits per heavy atom. The van der Waals surface area contributed by atoms with Crippen LogP contribution >= 0.6 is 15.9 Å². The van der Waals surface area contributed by atoms with Gasteiger partial charge in [0, 0.05) is 6.20 Å². The van der Waals surface area contributed by atoms with Crippen LogP contribution in [0.5, 0.6) is 0 Å². The Kier molecular flexibility index (Phi) is 3.08. The highest BCUT2D eigenvalue weighted by molar-refractivity contribution is 9.10. The summed E-state index contributed by atoms with van der Waals surface area (Å²) in [5.41, 5.74) is -1.95. The Balaban J connectivity index is 3.20. The van der Waals surface area contributed by atoms with Crippen LogP contribution in [0.1, 0.15) is 17.6 Å². The van der Waals surface area contributed by atoms with Gasteiger partial charge in [-0.15, -0.1) is 0 Å². The highest BCUT2D eigenvalue weighted by Gasteiger charge is 2.32. The second-order valence-electron chi connectivity index (χ2n) is 2.40. The van der Waals surface area contributed by atoms with Crippen molar-refractivity contribution in [3.8, 4) is 0 Å². The van der Waals surface area contributed by atoms with E-state index in [4.69, 9.17) is 0 Å². The molecule has 0 saturated heterocycles. The van der Waals surface area contributed by atoms with Crippen LogP contribution in [0, 0.1) is 0 Å². The maximum absolute atomic E-state index is 12.2. The average molecular weight is 276 g/mol. The molecule has 0 aliphatic carbocycles. The number of nitrogens with zero attached hydrogens (tertiary/aromatic N) is 1. The fourth-order valence-corrected chi connectivity index (χ4v) is 1.16. The maximum Gasteiger partial charge on any atom is 0.417 e. The van der Waals surface area contributed by atoms with Crippen molar-refractivity contribution in [2.75, 3.05) is 0 Å². The monoisotopic (exact) mass is 275 g/mol. The van der Waals surface area contributed by atoms with E-state index in [9.17, 15) is 22.0 Å². The molecule has 7 heteroatoms. The normalized spacial score (nSPS) is 12.2. The molecule has 0 radical (unpaired) electrons. The first-order valence-electron chi connectivity index (χ1n) is 3.33. The highest BCUT2D eigenvalue weighted by Crippen LogP contribution is 2.33. The first kappa shape index (κ1) is 11.4. The van der Waals surface area contributed by atoms with E-state index in [-0.39, 0.29) is 4.60 Å². The number of pyridine rings is 1. The van der Waals surface area contributed by atoms with Crippen LogP contribution in [0.4, 0.5) is 22.0 Å². The predicted octanol–water partition coefficient (Wildman–Crippen LogP) is 3.80. The first-order chi connectivity index (χ1) is 6.32. The Bertz CT molecular complexity index is 335. The lowest BCUT2D eigenvalue weighted by Gasteiger charge is -2.08. The summed E-state index contributed by atoms with van der Waals surface area (Å²) in [5, 5.41) is 0. The standard InChI is InChI=1S/C7H3BrF5N/c8-5-4(6(9)10)1-3(2-14-5)7(11,12)13/h1-2,6H. The molecule has 1 nitrogen and oxygen atoms in total. The van der Waals surface area contributed by atoms with Crippen LogP contribution in [0.25, 0.3) is 0 Å². The fraction of sp³-hybridized carbons (Fsp3) is 0.286. The minimum Gasteiger partial charge on any atom is -0.248 e. The van der Waals surface area contributed by atoms with E-state index in [1.807, 2.05) is 0 Å². The lowest BCUT2D eigenvalue weighted by molar-refractivity contribution is -0.138. The van der Waals surface area contributed by atoms with Crippen molar-refractivity contribution >= 4 is 15.9 Å². The predicted molar refractivity (Wildman–Crippen MR) is 41.9 cm³/mol. The van der Waals surface area contributed by atoms with Gasteiger partial charge in [0.25, 0.3) is 6.43 Å².